The lowest BCUT2D eigenvalue weighted by atomic mass is 9.93. The highest BCUT2D eigenvalue weighted by atomic mass is 19.1. The molecule has 0 spiro atoms. The van der Waals surface area contributed by atoms with Crippen LogP contribution in [-0.4, -0.2) is 27.5 Å². The molecule has 0 aliphatic heterocycles. The van der Waals surface area contributed by atoms with Crippen molar-refractivity contribution in [1.29, 1.82) is 0 Å². The molecule has 2 heterocycles. The summed E-state index contributed by atoms with van der Waals surface area (Å²) in [5, 5.41) is 2.90. The molecule has 3 aromatic rings. The van der Waals surface area contributed by atoms with E-state index in [0.29, 0.717) is 42.3 Å². The zero-order valence-corrected chi connectivity index (χ0v) is 17.9. The molecule has 160 valence electrons. The summed E-state index contributed by atoms with van der Waals surface area (Å²) in [6.07, 6.45) is 4.18. The first kappa shape index (κ1) is 20.9. The van der Waals surface area contributed by atoms with Gasteiger partial charge in [-0.2, -0.15) is 4.39 Å². The van der Waals surface area contributed by atoms with Gasteiger partial charge in [0.1, 0.15) is 5.82 Å². The molecule has 6 nitrogen and oxygen atoms in total. The number of aromatic nitrogens is 3. The number of pyridine rings is 1. The van der Waals surface area contributed by atoms with Crippen molar-refractivity contribution in [2.24, 2.45) is 5.92 Å². The zero-order chi connectivity index (χ0) is 22.0. The number of nitrogens with zero attached hydrogens (tertiary/aromatic N) is 3. The van der Waals surface area contributed by atoms with Crippen LogP contribution in [0.2, 0.25) is 0 Å². The second kappa shape index (κ2) is 8.41. The molecule has 1 N–H and O–H groups in total. The predicted molar refractivity (Wildman–Crippen MR) is 115 cm³/mol. The van der Waals surface area contributed by atoms with Crippen LogP contribution in [0, 0.1) is 25.7 Å². The maximum atomic E-state index is 13.7. The van der Waals surface area contributed by atoms with Crippen molar-refractivity contribution < 1.29 is 13.9 Å². The topological polar surface area (TPSA) is 77.0 Å². The largest absolute Gasteiger partial charge is 0.489 e. The lowest BCUT2D eigenvalue weighted by Gasteiger charge is -2.19. The third-order valence-electron chi connectivity index (χ3n) is 5.84. The van der Waals surface area contributed by atoms with Gasteiger partial charge >= 0.3 is 0 Å². The molecular formula is C24H25FN4O2. The fraction of sp³-hybridized carbons (Fsp3) is 0.333. The quantitative estimate of drug-likeness (QED) is 0.581. The molecule has 1 fully saturated rings. The first-order valence-electron chi connectivity index (χ1n) is 10.4. The number of hydrogen-bond acceptors (Lipinski definition) is 5. The standard InChI is InChI=1S/C24H25FN4O2/c1-4-17-10-19(12-27-22(17)25)29-23(30)20-11-24(20,18-8-6-5-7-9-18)14-31-21-13-26-16(3)28-15(21)2/h5-10,12-13,20H,4,11,14H2,1-3H3,(H,29,30)/t20-,24+/m0/s1. The van der Waals surface area contributed by atoms with Gasteiger partial charge in [-0.15, -0.1) is 0 Å². The van der Waals surface area contributed by atoms with E-state index < -0.39 is 11.4 Å². The number of aryl methyl sites for hydroxylation is 3. The van der Waals surface area contributed by atoms with E-state index in [1.165, 1.54) is 6.20 Å². The SMILES string of the molecule is CCc1cc(NC(=O)[C@@H]2C[C@@]2(COc2cnc(C)nc2C)c2ccccc2)cnc1F. The predicted octanol–water partition coefficient (Wildman–Crippen LogP) is 4.17. The Bertz CT molecular complexity index is 1110. The van der Waals surface area contributed by atoms with Crippen LogP contribution in [-0.2, 0) is 16.6 Å². The van der Waals surface area contributed by atoms with Crippen LogP contribution >= 0.6 is 0 Å². The van der Waals surface area contributed by atoms with Crippen LogP contribution in [0.1, 0.15) is 36.0 Å². The summed E-state index contributed by atoms with van der Waals surface area (Å²) < 4.78 is 19.8. The van der Waals surface area contributed by atoms with E-state index in [9.17, 15) is 9.18 Å². The normalized spacial score (nSPS) is 19.7. The van der Waals surface area contributed by atoms with Crippen LogP contribution in [0.25, 0.3) is 0 Å². The van der Waals surface area contributed by atoms with E-state index in [0.717, 1.165) is 11.3 Å². The first-order chi connectivity index (χ1) is 14.9. The average Bonchev–Trinajstić information content (AvgIpc) is 3.51. The number of hydrogen-bond donors (Lipinski definition) is 1. The molecule has 1 amide bonds. The van der Waals surface area contributed by atoms with E-state index in [2.05, 4.69) is 20.3 Å². The smallest absolute Gasteiger partial charge is 0.228 e. The Morgan fingerprint density at radius 1 is 1.23 bits per heavy atom. The summed E-state index contributed by atoms with van der Waals surface area (Å²) >= 11 is 0. The number of rotatable bonds is 7. The fourth-order valence-corrected chi connectivity index (χ4v) is 3.94. The molecule has 0 saturated heterocycles. The van der Waals surface area contributed by atoms with E-state index >= 15 is 0 Å². The van der Waals surface area contributed by atoms with Crippen LogP contribution in [0.4, 0.5) is 10.1 Å². The fourth-order valence-electron chi connectivity index (χ4n) is 3.94. The summed E-state index contributed by atoms with van der Waals surface area (Å²) in [6, 6.07) is 11.5. The second-order valence-electron chi connectivity index (χ2n) is 7.95. The molecule has 31 heavy (non-hydrogen) atoms. The lowest BCUT2D eigenvalue weighted by molar-refractivity contribution is -0.117. The van der Waals surface area contributed by atoms with Crippen molar-refractivity contribution in [2.45, 2.75) is 39.0 Å². The van der Waals surface area contributed by atoms with Crippen LogP contribution in [0.3, 0.4) is 0 Å². The minimum Gasteiger partial charge on any atom is -0.489 e. The summed E-state index contributed by atoms with van der Waals surface area (Å²) in [5.74, 6) is 0.402. The van der Waals surface area contributed by atoms with Crippen molar-refractivity contribution >= 4 is 11.6 Å². The third-order valence-corrected chi connectivity index (χ3v) is 5.84. The molecule has 2 atom stereocenters. The Morgan fingerprint density at radius 3 is 2.71 bits per heavy atom. The highest BCUT2D eigenvalue weighted by Crippen LogP contribution is 2.55. The zero-order valence-electron chi connectivity index (χ0n) is 17.9. The Morgan fingerprint density at radius 2 is 2.00 bits per heavy atom. The number of carbonyl (C=O) groups is 1. The maximum absolute atomic E-state index is 13.7. The van der Waals surface area contributed by atoms with Gasteiger partial charge in [-0.25, -0.2) is 15.0 Å². The molecule has 0 unspecified atom stereocenters. The molecular weight excluding hydrogens is 395 g/mol. The van der Waals surface area contributed by atoms with Gasteiger partial charge < -0.3 is 10.1 Å². The number of halogens is 1. The van der Waals surface area contributed by atoms with Gasteiger partial charge in [0.15, 0.2) is 5.75 Å². The Labute approximate surface area is 180 Å². The van der Waals surface area contributed by atoms with Gasteiger partial charge in [-0.05, 0) is 38.3 Å². The summed E-state index contributed by atoms with van der Waals surface area (Å²) in [4.78, 5) is 25.4. The summed E-state index contributed by atoms with van der Waals surface area (Å²) in [5.41, 5.74) is 2.35. The van der Waals surface area contributed by atoms with Crippen molar-refractivity contribution in [2.75, 3.05) is 11.9 Å². The van der Waals surface area contributed by atoms with E-state index in [1.807, 2.05) is 51.1 Å². The number of amides is 1. The second-order valence-corrected chi connectivity index (χ2v) is 7.95. The minimum atomic E-state index is -0.505. The maximum Gasteiger partial charge on any atom is 0.228 e. The van der Waals surface area contributed by atoms with Gasteiger partial charge in [-0.1, -0.05) is 37.3 Å². The third kappa shape index (κ3) is 4.26. The monoisotopic (exact) mass is 420 g/mol. The lowest BCUT2D eigenvalue weighted by Crippen LogP contribution is -2.26. The van der Waals surface area contributed by atoms with E-state index in [4.69, 9.17) is 4.74 Å². The van der Waals surface area contributed by atoms with Crippen molar-refractivity contribution in [3.05, 3.63) is 77.4 Å². The molecule has 0 bridgehead atoms. The number of anilines is 1. The van der Waals surface area contributed by atoms with Crippen molar-refractivity contribution in [3.63, 3.8) is 0 Å². The number of carbonyl (C=O) groups excluding carboxylic acids is 1. The van der Waals surface area contributed by atoms with Crippen LogP contribution in [0.15, 0.2) is 48.8 Å². The van der Waals surface area contributed by atoms with E-state index in [1.54, 1.807) is 12.3 Å². The van der Waals surface area contributed by atoms with E-state index in [-0.39, 0.29) is 11.8 Å². The Balaban J connectivity index is 1.54. The molecule has 2 aromatic heterocycles. The molecule has 0 radical (unpaired) electrons. The molecule has 4 rings (SSSR count). The number of nitrogens with one attached hydrogen (secondary N) is 1. The molecule has 1 saturated carbocycles. The molecule has 1 aromatic carbocycles. The highest BCUT2D eigenvalue weighted by Gasteiger charge is 2.60. The van der Waals surface area contributed by atoms with Crippen LogP contribution < -0.4 is 10.1 Å². The van der Waals surface area contributed by atoms with Gasteiger partial charge in [-0.3, -0.25) is 4.79 Å². The highest BCUT2D eigenvalue weighted by molar-refractivity contribution is 5.96. The van der Waals surface area contributed by atoms with Gasteiger partial charge in [0.05, 0.1) is 36.3 Å². The van der Waals surface area contributed by atoms with Crippen molar-refractivity contribution in [1.82, 2.24) is 15.0 Å². The molecule has 7 heteroatoms. The molecule has 1 aliphatic carbocycles. The van der Waals surface area contributed by atoms with Gasteiger partial charge in [0.25, 0.3) is 0 Å². The molecule has 1 aliphatic rings. The summed E-state index contributed by atoms with van der Waals surface area (Å²) in [7, 11) is 0. The minimum absolute atomic E-state index is 0.125. The number of ether oxygens (including phenoxy) is 1. The Hall–Kier alpha value is -3.35. The first-order valence-corrected chi connectivity index (χ1v) is 10.4. The average molecular weight is 420 g/mol. The van der Waals surface area contributed by atoms with Gasteiger partial charge in [0.2, 0.25) is 11.9 Å². The van der Waals surface area contributed by atoms with Gasteiger partial charge in [0, 0.05) is 11.0 Å². The van der Waals surface area contributed by atoms with Crippen molar-refractivity contribution in [3.8, 4) is 5.75 Å². The number of benzene rings is 1. The Kier molecular flexibility index (Phi) is 5.67. The van der Waals surface area contributed by atoms with Crippen LogP contribution in [0.5, 0.6) is 5.75 Å². The summed E-state index contributed by atoms with van der Waals surface area (Å²) in [6.45, 7) is 5.90.